The molecular weight excluding hydrogens is 358 g/mol. The van der Waals surface area contributed by atoms with Crippen LogP contribution in [0.25, 0.3) is 0 Å². The van der Waals surface area contributed by atoms with E-state index in [1.807, 2.05) is 0 Å². The Kier molecular flexibility index (Phi) is 5.17. The second kappa shape index (κ2) is 7.52. The number of aromatic nitrogens is 1. The van der Waals surface area contributed by atoms with Gasteiger partial charge in [-0.1, -0.05) is 11.3 Å². The molecule has 3 rings (SSSR count). The van der Waals surface area contributed by atoms with Gasteiger partial charge in [0, 0.05) is 23.4 Å². The van der Waals surface area contributed by atoms with Crippen molar-refractivity contribution in [3.8, 4) is 0 Å². The number of hydrogen-bond donors (Lipinski definition) is 1. The number of benzene rings is 1. The number of esters is 1. The van der Waals surface area contributed by atoms with Crippen molar-refractivity contribution in [1.29, 1.82) is 0 Å². The number of nitrogens with one attached hydrogen (secondary N) is 1. The number of carbonyl (C=O) groups excluding carboxylic acids is 3. The minimum Gasteiger partial charge on any atom is -0.465 e. The van der Waals surface area contributed by atoms with E-state index in [4.69, 9.17) is 4.74 Å². The molecule has 1 aliphatic rings. The Morgan fingerprint density at radius 3 is 2.46 bits per heavy atom. The van der Waals surface area contributed by atoms with Gasteiger partial charge >= 0.3 is 12.1 Å². The zero-order valence-corrected chi connectivity index (χ0v) is 15.1. The Hall–Kier alpha value is -2.94. The number of anilines is 1. The summed E-state index contributed by atoms with van der Waals surface area (Å²) in [5.74, 6) is -0.781. The second-order valence-electron chi connectivity index (χ2n) is 5.55. The lowest BCUT2D eigenvalue weighted by Crippen LogP contribution is -2.35. The van der Waals surface area contributed by atoms with Crippen molar-refractivity contribution in [2.75, 3.05) is 26.1 Å². The van der Waals surface area contributed by atoms with E-state index in [0.29, 0.717) is 35.8 Å². The normalized spacial score (nSPS) is 12.9. The first-order chi connectivity index (χ1) is 12.5. The van der Waals surface area contributed by atoms with Crippen molar-refractivity contribution >= 4 is 34.4 Å². The number of thiazole rings is 1. The molecule has 1 N–H and O–H groups in total. The summed E-state index contributed by atoms with van der Waals surface area (Å²) in [6, 6.07) is 6.16. The quantitative estimate of drug-likeness (QED) is 0.827. The molecule has 0 spiro atoms. The van der Waals surface area contributed by atoms with Crippen molar-refractivity contribution in [2.24, 2.45) is 0 Å². The number of rotatable bonds is 3. The van der Waals surface area contributed by atoms with Gasteiger partial charge < -0.3 is 14.4 Å². The molecule has 1 aromatic heterocycles. The predicted octanol–water partition coefficient (Wildman–Crippen LogP) is 2.31. The molecular formula is C17H17N3O5S. The molecule has 0 saturated carbocycles. The first-order valence-corrected chi connectivity index (χ1v) is 8.64. The number of hydrogen-bond acceptors (Lipinski definition) is 7. The van der Waals surface area contributed by atoms with Gasteiger partial charge in [-0.05, 0) is 24.3 Å². The van der Waals surface area contributed by atoms with E-state index in [9.17, 15) is 14.4 Å². The van der Waals surface area contributed by atoms with E-state index >= 15 is 0 Å². The van der Waals surface area contributed by atoms with Gasteiger partial charge in [0.1, 0.15) is 0 Å². The van der Waals surface area contributed by atoms with Gasteiger partial charge in [0.2, 0.25) is 0 Å². The molecule has 136 valence electrons. The molecule has 0 unspecified atom stereocenters. The van der Waals surface area contributed by atoms with Gasteiger partial charge in [-0.2, -0.15) is 0 Å². The van der Waals surface area contributed by atoms with E-state index < -0.39 is 5.97 Å². The van der Waals surface area contributed by atoms with Crippen molar-refractivity contribution in [3.05, 3.63) is 46.0 Å². The summed E-state index contributed by atoms with van der Waals surface area (Å²) in [5.41, 5.74) is 1.66. The van der Waals surface area contributed by atoms with E-state index in [1.165, 1.54) is 37.7 Å². The number of ether oxygens (including phenoxy) is 2. The highest BCUT2D eigenvalue weighted by molar-refractivity contribution is 7.15. The minimum atomic E-state index is -0.459. The van der Waals surface area contributed by atoms with Gasteiger partial charge in [-0.25, -0.2) is 14.6 Å². The highest BCUT2D eigenvalue weighted by atomic mass is 32.1. The van der Waals surface area contributed by atoms with Crippen LogP contribution in [0, 0.1) is 0 Å². The Morgan fingerprint density at radius 1 is 1.12 bits per heavy atom. The average molecular weight is 375 g/mol. The van der Waals surface area contributed by atoms with Crippen LogP contribution < -0.4 is 5.32 Å². The van der Waals surface area contributed by atoms with Gasteiger partial charge in [-0.3, -0.25) is 10.1 Å². The molecule has 1 aromatic carbocycles. The maximum Gasteiger partial charge on any atom is 0.409 e. The summed E-state index contributed by atoms with van der Waals surface area (Å²) in [6.45, 7) is 0.954. The van der Waals surface area contributed by atoms with Crippen LogP contribution in [-0.4, -0.2) is 48.6 Å². The molecule has 9 heteroatoms. The van der Waals surface area contributed by atoms with E-state index in [1.54, 1.807) is 17.0 Å². The molecule has 0 bridgehead atoms. The fraction of sp³-hybridized carbons (Fsp3) is 0.294. The van der Waals surface area contributed by atoms with Crippen LogP contribution in [0.3, 0.4) is 0 Å². The molecule has 0 aliphatic carbocycles. The topological polar surface area (TPSA) is 97.8 Å². The summed E-state index contributed by atoms with van der Waals surface area (Å²) in [7, 11) is 2.65. The molecule has 2 amide bonds. The molecule has 0 fully saturated rings. The lowest BCUT2D eigenvalue weighted by molar-refractivity contribution is 0.0600. The van der Waals surface area contributed by atoms with Crippen LogP contribution in [0.5, 0.6) is 0 Å². The largest absolute Gasteiger partial charge is 0.465 e. The molecule has 0 atom stereocenters. The average Bonchev–Trinajstić information content (AvgIpc) is 3.08. The lowest BCUT2D eigenvalue weighted by atomic mass is 10.1. The van der Waals surface area contributed by atoms with Crippen LogP contribution >= 0.6 is 11.3 Å². The highest BCUT2D eigenvalue weighted by Gasteiger charge is 2.25. The number of carbonyl (C=O) groups is 3. The zero-order chi connectivity index (χ0) is 18.7. The zero-order valence-electron chi connectivity index (χ0n) is 14.3. The molecule has 2 heterocycles. The minimum absolute atomic E-state index is 0.322. The summed E-state index contributed by atoms with van der Waals surface area (Å²) >= 11 is 1.34. The first kappa shape index (κ1) is 17.9. The summed E-state index contributed by atoms with van der Waals surface area (Å²) in [4.78, 5) is 42.4. The Morgan fingerprint density at radius 2 is 1.81 bits per heavy atom. The highest BCUT2D eigenvalue weighted by Crippen LogP contribution is 2.28. The fourth-order valence-electron chi connectivity index (χ4n) is 2.58. The van der Waals surface area contributed by atoms with Crippen molar-refractivity contribution in [3.63, 3.8) is 0 Å². The summed E-state index contributed by atoms with van der Waals surface area (Å²) in [5, 5.41) is 3.23. The van der Waals surface area contributed by atoms with Crippen LogP contribution in [0.1, 0.15) is 31.3 Å². The molecule has 0 radical (unpaired) electrons. The van der Waals surface area contributed by atoms with Crippen LogP contribution in [0.4, 0.5) is 9.93 Å². The van der Waals surface area contributed by atoms with Crippen molar-refractivity contribution in [2.45, 2.75) is 13.0 Å². The number of amides is 2. The van der Waals surface area contributed by atoms with Crippen LogP contribution in [0.15, 0.2) is 24.3 Å². The van der Waals surface area contributed by atoms with Crippen LogP contribution in [0.2, 0.25) is 0 Å². The third kappa shape index (κ3) is 3.67. The monoisotopic (exact) mass is 375 g/mol. The Balaban J connectivity index is 1.68. The first-order valence-electron chi connectivity index (χ1n) is 7.83. The molecule has 1 aliphatic heterocycles. The smallest absolute Gasteiger partial charge is 0.409 e. The van der Waals surface area contributed by atoms with E-state index in [2.05, 4.69) is 15.0 Å². The number of nitrogens with zero attached hydrogens (tertiary/aromatic N) is 2. The molecule has 26 heavy (non-hydrogen) atoms. The summed E-state index contributed by atoms with van der Waals surface area (Å²) < 4.78 is 9.36. The van der Waals surface area contributed by atoms with Crippen molar-refractivity contribution < 1.29 is 23.9 Å². The fourth-order valence-corrected chi connectivity index (χ4v) is 3.60. The number of methoxy groups -OCH3 is 2. The van der Waals surface area contributed by atoms with Gasteiger partial charge in [0.15, 0.2) is 5.13 Å². The van der Waals surface area contributed by atoms with E-state index in [-0.39, 0.29) is 12.0 Å². The van der Waals surface area contributed by atoms with Gasteiger partial charge in [0.25, 0.3) is 5.91 Å². The van der Waals surface area contributed by atoms with Gasteiger partial charge in [0.05, 0.1) is 32.0 Å². The third-order valence-electron chi connectivity index (χ3n) is 3.95. The maximum absolute atomic E-state index is 12.4. The maximum atomic E-state index is 12.4. The van der Waals surface area contributed by atoms with Crippen LogP contribution in [-0.2, 0) is 22.4 Å². The van der Waals surface area contributed by atoms with E-state index in [0.717, 1.165) is 10.6 Å². The summed E-state index contributed by atoms with van der Waals surface area (Å²) in [6.07, 6.45) is 0.241. The van der Waals surface area contributed by atoms with Gasteiger partial charge in [-0.15, -0.1) is 0 Å². The standard InChI is InChI=1S/C17H17N3O5S/c1-24-15(22)11-5-3-10(4-6-11)14(21)19-16-18-12-7-8-20(17(23)25-2)9-13(12)26-16/h3-6H,7-9H2,1-2H3,(H,18,19,21). The molecule has 0 saturated heterocycles. The molecule has 8 nitrogen and oxygen atoms in total. The lowest BCUT2D eigenvalue weighted by Gasteiger charge is -2.24. The second-order valence-corrected chi connectivity index (χ2v) is 6.64. The molecule has 2 aromatic rings. The number of fused-ring (bicyclic) bond motifs is 1. The van der Waals surface area contributed by atoms with Crippen molar-refractivity contribution in [1.82, 2.24) is 9.88 Å². The SMILES string of the molecule is COC(=O)c1ccc(C(=O)Nc2nc3c(s2)CN(C(=O)OC)CC3)cc1. The predicted molar refractivity (Wildman–Crippen MR) is 94.4 cm³/mol. The third-order valence-corrected chi connectivity index (χ3v) is 4.95. The Labute approximate surface area is 153 Å². The Bertz CT molecular complexity index is 847.